The molecule has 0 radical (unpaired) electrons. The van der Waals surface area contributed by atoms with Crippen LogP contribution in [-0.4, -0.2) is 46.4 Å². The van der Waals surface area contributed by atoms with Crippen LogP contribution < -0.4 is 10.0 Å². The Kier molecular flexibility index (Phi) is 6.79. The molecule has 0 saturated carbocycles. The summed E-state index contributed by atoms with van der Waals surface area (Å²) in [6.07, 6.45) is 0. The fourth-order valence-corrected chi connectivity index (χ4v) is 2.50. The Morgan fingerprint density at radius 1 is 1.21 bits per heavy atom. The molecule has 1 aromatic rings. The van der Waals surface area contributed by atoms with Gasteiger partial charge in [0.1, 0.15) is 0 Å². The summed E-state index contributed by atoms with van der Waals surface area (Å²) in [7, 11) is -3.39. The average molecular weight is 288 g/mol. The molecule has 7 heteroatoms. The van der Waals surface area contributed by atoms with Crippen LogP contribution in [0.25, 0.3) is 0 Å². The Morgan fingerprint density at radius 3 is 2.47 bits per heavy atom. The van der Waals surface area contributed by atoms with E-state index in [1.165, 1.54) is 0 Å². The summed E-state index contributed by atoms with van der Waals surface area (Å²) in [5.74, 6) is 0. The largest absolute Gasteiger partial charge is 0.394 e. The van der Waals surface area contributed by atoms with Gasteiger partial charge in [0.25, 0.3) is 0 Å². The Labute approximate surface area is 113 Å². The van der Waals surface area contributed by atoms with Crippen LogP contribution in [0.4, 0.5) is 5.69 Å². The number of hydrogen-bond acceptors (Lipinski definition) is 5. The molecule has 0 heterocycles. The molecule has 1 rings (SSSR count). The smallest absolute Gasteiger partial charge is 0.240 e. The van der Waals surface area contributed by atoms with E-state index in [2.05, 4.69) is 10.0 Å². The van der Waals surface area contributed by atoms with Crippen LogP contribution in [0.2, 0.25) is 0 Å². The fourth-order valence-electron chi connectivity index (χ4n) is 1.46. The molecule has 0 atom stereocenters. The normalized spacial score (nSPS) is 11.5. The van der Waals surface area contributed by atoms with Crippen molar-refractivity contribution in [1.82, 2.24) is 4.72 Å². The summed E-state index contributed by atoms with van der Waals surface area (Å²) in [4.78, 5) is 0.247. The fraction of sp³-hybridized carbons (Fsp3) is 0.500. The van der Waals surface area contributed by atoms with Gasteiger partial charge in [-0.3, -0.25) is 0 Å². The van der Waals surface area contributed by atoms with Gasteiger partial charge in [-0.15, -0.1) is 0 Å². The van der Waals surface area contributed by atoms with Gasteiger partial charge < -0.3 is 15.2 Å². The zero-order valence-corrected chi connectivity index (χ0v) is 11.7. The molecule has 0 amide bonds. The number of ether oxygens (including phenoxy) is 1. The molecule has 6 nitrogen and oxygen atoms in total. The predicted molar refractivity (Wildman–Crippen MR) is 73.7 cm³/mol. The van der Waals surface area contributed by atoms with E-state index in [0.717, 1.165) is 5.69 Å². The highest BCUT2D eigenvalue weighted by atomic mass is 32.2. The van der Waals surface area contributed by atoms with E-state index in [1.54, 1.807) is 31.2 Å². The first-order valence-corrected chi connectivity index (χ1v) is 7.60. The molecule has 0 aromatic heterocycles. The van der Waals surface area contributed by atoms with E-state index in [4.69, 9.17) is 9.84 Å². The minimum Gasteiger partial charge on any atom is -0.394 e. The van der Waals surface area contributed by atoms with Crippen molar-refractivity contribution in [2.75, 3.05) is 38.2 Å². The first-order chi connectivity index (χ1) is 9.10. The second-order valence-corrected chi connectivity index (χ2v) is 5.56. The Bertz CT molecular complexity index is 459. The number of benzene rings is 1. The number of nitrogens with one attached hydrogen (secondary N) is 2. The average Bonchev–Trinajstić information content (AvgIpc) is 2.39. The molecule has 0 bridgehead atoms. The molecule has 0 unspecified atom stereocenters. The van der Waals surface area contributed by atoms with Crippen molar-refractivity contribution in [3.8, 4) is 0 Å². The number of aliphatic hydroxyl groups excluding tert-OH is 1. The quantitative estimate of drug-likeness (QED) is 0.573. The van der Waals surface area contributed by atoms with Crippen LogP contribution in [0.5, 0.6) is 0 Å². The maximum absolute atomic E-state index is 11.7. The molecule has 0 aliphatic heterocycles. The summed E-state index contributed by atoms with van der Waals surface area (Å²) in [5, 5.41) is 11.6. The lowest BCUT2D eigenvalue weighted by Crippen LogP contribution is -2.23. The SMILES string of the molecule is CCNS(=O)(=O)c1ccc(NCCOCCO)cc1. The van der Waals surface area contributed by atoms with Gasteiger partial charge in [0, 0.05) is 18.8 Å². The van der Waals surface area contributed by atoms with Crippen molar-refractivity contribution in [2.24, 2.45) is 0 Å². The third-order valence-corrected chi connectivity index (χ3v) is 3.87. The minimum absolute atomic E-state index is 0.0109. The first kappa shape index (κ1) is 15.9. The summed E-state index contributed by atoms with van der Waals surface area (Å²) in [6, 6.07) is 6.51. The molecule has 0 fully saturated rings. The number of aliphatic hydroxyl groups is 1. The van der Waals surface area contributed by atoms with Gasteiger partial charge in [-0.05, 0) is 24.3 Å². The predicted octanol–water partition coefficient (Wildman–Crippen LogP) is 0.406. The van der Waals surface area contributed by atoms with E-state index in [0.29, 0.717) is 26.3 Å². The molecule has 108 valence electrons. The molecule has 0 aliphatic rings. The molecule has 0 saturated heterocycles. The summed E-state index contributed by atoms with van der Waals surface area (Å²) >= 11 is 0. The molecule has 0 aliphatic carbocycles. The zero-order chi connectivity index (χ0) is 14.1. The van der Waals surface area contributed by atoms with Crippen molar-refractivity contribution in [2.45, 2.75) is 11.8 Å². The second kappa shape index (κ2) is 8.11. The van der Waals surface area contributed by atoms with Crippen LogP contribution in [0.15, 0.2) is 29.2 Å². The van der Waals surface area contributed by atoms with Crippen molar-refractivity contribution in [3.63, 3.8) is 0 Å². The highest BCUT2D eigenvalue weighted by Crippen LogP contribution is 2.13. The van der Waals surface area contributed by atoms with Crippen LogP contribution >= 0.6 is 0 Å². The summed E-state index contributed by atoms with van der Waals surface area (Å²) in [6.45, 7) is 3.51. The van der Waals surface area contributed by atoms with Gasteiger partial charge >= 0.3 is 0 Å². The number of rotatable bonds is 9. The monoisotopic (exact) mass is 288 g/mol. The minimum atomic E-state index is -3.39. The van der Waals surface area contributed by atoms with Gasteiger partial charge in [-0.25, -0.2) is 13.1 Å². The van der Waals surface area contributed by atoms with E-state index in [9.17, 15) is 8.42 Å². The number of sulfonamides is 1. The molecule has 1 aromatic carbocycles. The van der Waals surface area contributed by atoms with E-state index in [1.807, 2.05) is 0 Å². The molecule has 3 N–H and O–H groups in total. The molecular weight excluding hydrogens is 268 g/mol. The van der Waals surface area contributed by atoms with Gasteiger partial charge in [-0.1, -0.05) is 6.92 Å². The van der Waals surface area contributed by atoms with Gasteiger partial charge in [0.2, 0.25) is 10.0 Å². The van der Waals surface area contributed by atoms with Crippen molar-refractivity contribution in [1.29, 1.82) is 0 Å². The van der Waals surface area contributed by atoms with E-state index in [-0.39, 0.29) is 11.5 Å². The Hall–Kier alpha value is -1.15. The third-order valence-electron chi connectivity index (χ3n) is 2.31. The topological polar surface area (TPSA) is 87.7 Å². The maximum atomic E-state index is 11.7. The van der Waals surface area contributed by atoms with Crippen molar-refractivity contribution >= 4 is 15.7 Å². The summed E-state index contributed by atoms with van der Waals surface area (Å²) in [5.41, 5.74) is 0.822. The van der Waals surface area contributed by atoms with Gasteiger partial charge in [0.15, 0.2) is 0 Å². The van der Waals surface area contributed by atoms with Crippen molar-refractivity contribution < 1.29 is 18.3 Å². The van der Waals surface area contributed by atoms with Gasteiger partial charge in [-0.2, -0.15) is 0 Å². The van der Waals surface area contributed by atoms with Crippen LogP contribution in [-0.2, 0) is 14.8 Å². The lowest BCUT2D eigenvalue weighted by atomic mass is 10.3. The number of hydrogen-bond donors (Lipinski definition) is 3. The molecule has 19 heavy (non-hydrogen) atoms. The molecule has 0 spiro atoms. The first-order valence-electron chi connectivity index (χ1n) is 6.12. The van der Waals surface area contributed by atoms with Crippen LogP contribution in [0.3, 0.4) is 0 Å². The zero-order valence-electron chi connectivity index (χ0n) is 10.9. The summed E-state index contributed by atoms with van der Waals surface area (Å²) < 4.78 is 30.9. The van der Waals surface area contributed by atoms with E-state index < -0.39 is 10.0 Å². The number of anilines is 1. The standard InChI is InChI=1S/C12H20N2O4S/c1-2-14-19(16,17)12-5-3-11(4-6-12)13-7-9-18-10-8-15/h3-6,13-15H,2,7-10H2,1H3. The third kappa shape index (κ3) is 5.56. The lowest BCUT2D eigenvalue weighted by Gasteiger charge is -2.08. The lowest BCUT2D eigenvalue weighted by molar-refractivity contribution is 0.0992. The van der Waals surface area contributed by atoms with Gasteiger partial charge in [0.05, 0.1) is 24.7 Å². The van der Waals surface area contributed by atoms with Crippen LogP contribution in [0, 0.1) is 0 Å². The Balaban J connectivity index is 2.48. The Morgan fingerprint density at radius 2 is 1.89 bits per heavy atom. The van der Waals surface area contributed by atoms with Crippen molar-refractivity contribution in [3.05, 3.63) is 24.3 Å². The maximum Gasteiger partial charge on any atom is 0.240 e. The highest BCUT2D eigenvalue weighted by molar-refractivity contribution is 7.89. The molecular formula is C12H20N2O4S. The van der Waals surface area contributed by atoms with E-state index >= 15 is 0 Å². The second-order valence-electron chi connectivity index (χ2n) is 3.79. The highest BCUT2D eigenvalue weighted by Gasteiger charge is 2.11. The van der Waals surface area contributed by atoms with Crippen LogP contribution in [0.1, 0.15) is 6.92 Å².